The molecule has 4 N–H and O–H groups in total. The number of nitrogen functional groups attached to an aromatic ring is 2. The summed E-state index contributed by atoms with van der Waals surface area (Å²) in [7, 11) is 0. The molecule has 4 heteroatoms. The predicted molar refractivity (Wildman–Crippen MR) is 68.3 cm³/mol. The van der Waals surface area contributed by atoms with Gasteiger partial charge in [-0.15, -0.1) is 0 Å². The van der Waals surface area contributed by atoms with E-state index in [2.05, 4.69) is 23.7 Å². The molecule has 0 aliphatic carbocycles. The van der Waals surface area contributed by atoms with E-state index in [9.17, 15) is 0 Å². The molecular weight excluding hydrogens is 200 g/mol. The summed E-state index contributed by atoms with van der Waals surface area (Å²) in [6.07, 6.45) is 2.43. The molecular formula is C12H20N4. The largest absolute Gasteiger partial charge is 0.396 e. The van der Waals surface area contributed by atoms with Crippen LogP contribution in [0.25, 0.3) is 0 Å². The minimum atomic E-state index is 0.434. The van der Waals surface area contributed by atoms with Gasteiger partial charge in [0.2, 0.25) is 0 Å². The second kappa shape index (κ2) is 4.20. The van der Waals surface area contributed by atoms with Crippen LogP contribution in [0.3, 0.4) is 0 Å². The van der Waals surface area contributed by atoms with E-state index in [4.69, 9.17) is 11.5 Å². The van der Waals surface area contributed by atoms with Crippen LogP contribution in [0.5, 0.6) is 0 Å². The number of piperidine rings is 1. The zero-order chi connectivity index (χ0) is 11.7. The van der Waals surface area contributed by atoms with Crippen molar-refractivity contribution in [3.8, 4) is 0 Å². The fraction of sp³-hybridized carbons (Fsp3) is 0.583. The normalized spacial score (nSPS) is 25.8. The Morgan fingerprint density at radius 3 is 2.69 bits per heavy atom. The molecule has 2 unspecified atom stereocenters. The summed E-state index contributed by atoms with van der Waals surface area (Å²) in [5.41, 5.74) is 12.0. The smallest absolute Gasteiger partial charge is 0.149 e. The summed E-state index contributed by atoms with van der Waals surface area (Å²) < 4.78 is 0. The van der Waals surface area contributed by atoms with Crippen LogP contribution in [0.2, 0.25) is 0 Å². The van der Waals surface area contributed by atoms with Crippen molar-refractivity contribution in [2.75, 3.05) is 22.9 Å². The van der Waals surface area contributed by atoms with Gasteiger partial charge < -0.3 is 16.4 Å². The lowest BCUT2D eigenvalue weighted by atomic mass is 9.93. The van der Waals surface area contributed by atoms with Crippen LogP contribution in [-0.2, 0) is 0 Å². The Balaban J connectivity index is 2.20. The summed E-state index contributed by atoms with van der Waals surface area (Å²) in [5.74, 6) is 2.19. The van der Waals surface area contributed by atoms with Crippen molar-refractivity contribution in [1.82, 2.24) is 4.98 Å². The molecule has 0 aromatic carbocycles. The van der Waals surface area contributed by atoms with E-state index in [1.54, 1.807) is 0 Å². The van der Waals surface area contributed by atoms with Crippen LogP contribution in [-0.4, -0.2) is 17.6 Å². The molecule has 0 bridgehead atoms. The molecule has 0 spiro atoms. The van der Waals surface area contributed by atoms with E-state index in [0.717, 1.165) is 18.3 Å². The lowest BCUT2D eigenvalue weighted by molar-refractivity contribution is 0.376. The summed E-state index contributed by atoms with van der Waals surface area (Å²) in [5, 5.41) is 0. The number of hydrogen-bond donors (Lipinski definition) is 2. The van der Waals surface area contributed by atoms with Gasteiger partial charge in [-0.3, -0.25) is 0 Å². The standard InChI is InChI=1S/C12H20N4/c1-8-5-6-16(9(2)7-8)11-4-3-10(13)12(14)15-11/h3-4,8-9H,5-7,13H2,1-2H3,(H2,14,15). The van der Waals surface area contributed by atoms with Gasteiger partial charge in [-0.2, -0.15) is 0 Å². The maximum Gasteiger partial charge on any atom is 0.149 e. The van der Waals surface area contributed by atoms with Crippen LogP contribution in [0, 0.1) is 5.92 Å². The molecule has 1 saturated heterocycles. The van der Waals surface area contributed by atoms with Crippen molar-refractivity contribution in [3.63, 3.8) is 0 Å². The molecule has 1 aromatic heterocycles. The number of aromatic nitrogens is 1. The summed E-state index contributed by atoms with van der Waals surface area (Å²) >= 11 is 0. The highest BCUT2D eigenvalue weighted by atomic mass is 15.2. The molecule has 0 amide bonds. The van der Waals surface area contributed by atoms with Crippen LogP contribution in [0.1, 0.15) is 26.7 Å². The third-order valence-electron chi connectivity index (χ3n) is 3.38. The minimum Gasteiger partial charge on any atom is -0.396 e. The van der Waals surface area contributed by atoms with Crippen LogP contribution < -0.4 is 16.4 Å². The Hall–Kier alpha value is -1.45. The van der Waals surface area contributed by atoms with Gasteiger partial charge in [0.25, 0.3) is 0 Å². The monoisotopic (exact) mass is 220 g/mol. The highest BCUT2D eigenvalue weighted by molar-refractivity contribution is 5.62. The fourth-order valence-electron chi connectivity index (χ4n) is 2.38. The SMILES string of the molecule is CC1CCN(c2ccc(N)c(N)n2)C(C)C1. The van der Waals surface area contributed by atoms with E-state index >= 15 is 0 Å². The first-order chi connectivity index (χ1) is 7.58. The Bertz CT molecular complexity index is 377. The number of anilines is 3. The number of rotatable bonds is 1. The zero-order valence-electron chi connectivity index (χ0n) is 9.98. The topological polar surface area (TPSA) is 68.2 Å². The molecule has 4 nitrogen and oxygen atoms in total. The quantitative estimate of drug-likeness (QED) is 0.758. The molecule has 2 heterocycles. The first kappa shape index (κ1) is 11.0. The lowest BCUT2D eigenvalue weighted by Crippen LogP contribution is -2.40. The van der Waals surface area contributed by atoms with Gasteiger partial charge >= 0.3 is 0 Å². The third kappa shape index (κ3) is 2.05. The molecule has 1 aliphatic rings. The van der Waals surface area contributed by atoms with Gasteiger partial charge in [0.15, 0.2) is 0 Å². The average Bonchev–Trinajstić information content (AvgIpc) is 2.22. The van der Waals surface area contributed by atoms with Crippen LogP contribution in [0.15, 0.2) is 12.1 Å². The van der Waals surface area contributed by atoms with Crippen molar-refractivity contribution in [2.24, 2.45) is 5.92 Å². The van der Waals surface area contributed by atoms with E-state index in [1.807, 2.05) is 12.1 Å². The average molecular weight is 220 g/mol. The van der Waals surface area contributed by atoms with Gasteiger partial charge in [0, 0.05) is 12.6 Å². The predicted octanol–water partition coefficient (Wildman–Crippen LogP) is 1.87. The fourth-order valence-corrected chi connectivity index (χ4v) is 2.38. The Morgan fingerprint density at radius 1 is 1.31 bits per heavy atom. The van der Waals surface area contributed by atoms with Crippen LogP contribution in [0.4, 0.5) is 17.3 Å². The molecule has 0 saturated carbocycles. The summed E-state index contributed by atoms with van der Waals surface area (Å²) in [6.45, 7) is 5.60. The molecule has 2 atom stereocenters. The molecule has 88 valence electrons. The van der Waals surface area contributed by atoms with E-state index < -0.39 is 0 Å². The van der Waals surface area contributed by atoms with E-state index in [-0.39, 0.29) is 0 Å². The Morgan fingerprint density at radius 2 is 2.06 bits per heavy atom. The van der Waals surface area contributed by atoms with Gasteiger partial charge in [0.05, 0.1) is 5.69 Å². The zero-order valence-corrected chi connectivity index (χ0v) is 9.98. The second-order valence-corrected chi connectivity index (χ2v) is 4.82. The van der Waals surface area contributed by atoms with E-state index in [0.29, 0.717) is 17.5 Å². The number of pyridine rings is 1. The molecule has 16 heavy (non-hydrogen) atoms. The molecule has 1 fully saturated rings. The summed E-state index contributed by atoms with van der Waals surface area (Å²) in [6, 6.07) is 4.32. The molecule has 2 rings (SSSR count). The van der Waals surface area contributed by atoms with Gasteiger partial charge in [-0.1, -0.05) is 6.92 Å². The van der Waals surface area contributed by atoms with Gasteiger partial charge in [-0.25, -0.2) is 4.98 Å². The Labute approximate surface area is 96.6 Å². The minimum absolute atomic E-state index is 0.434. The molecule has 1 aromatic rings. The van der Waals surface area contributed by atoms with Crippen LogP contribution >= 0.6 is 0 Å². The first-order valence-corrected chi connectivity index (χ1v) is 5.86. The maximum atomic E-state index is 5.74. The van der Waals surface area contributed by atoms with Crippen molar-refractivity contribution >= 4 is 17.3 Å². The first-order valence-electron chi connectivity index (χ1n) is 5.86. The number of nitrogens with zero attached hydrogens (tertiary/aromatic N) is 2. The lowest BCUT2D eigenvalue weighted by Gasteiger charge is -2.37. The Kier molecular flexibility index (Phi) is 2.90. The summed E-state index contributed by atoms with van der Waals surface area (Å²) in [4.78, 5) is 6.67. The van der Waals surface area contributed by atoms with Gasteiger partial charge in [0.1, 0.15) is 11.6 Å². The highest BCUT2D eigenvalue weighted by Crippen LogP contribution is 2.27. The molecule has 1 aliphatic heterocycles. The van der Waals surface area contributed by atoms with Gasteiger partial charge in [-0.05, 0) is 37.8 Å². The van der Waals surface area contributed by atoms with E-state index in [1.165, 1.54) is 12.8 Å². The third-order valence-corrected chi connectivity index (χ3v) is 3.38. The van der Waals surface area contributed by atoms with Crippen molar-refractivity contribution in [3.05, 3.63) is 12.1 Å². The number of nitrogens with two attached hydrogens (primary N) is 2. The second-order valence-electron chi connectivity index (χ2n) is 4.82. The van der Waals surface area contributed by atoms with Crippen molar-refractivity contribution in [1.29, 1.82) is 0 Å². The van der Waals surface area contributed by atoms with Crippen molar-refractivity contribution < 1.29 is 0 Å². The maximum absolute atomic E-state index is 5.74. The number of hydrogen-bond acceptors (Lipinski definition) is 4. The van der Waals surface area contributed by atoms with Crippen molar-refractivity contribution in [2.45, 2.75) is 32.7 Å². The molecule has 0 radical (unpaired) electrons. The highest BCUT2D eigenvalue weighted by Gasteiger charge is 2.23.